The molecule has 2 fully saturated rings. The average Bonchev–Trinajstić information content (AvgIpc) is 2.36. The van der Waals surface area contributed by atoms with Crippen LogP contribution in [0.15, 0.2) is 0 Å². The molecule has 0 radical (unpaired) electrons. The van der Waals surface area contributed by atoms with E-state index in [4.69, 9.17) is 6.42 Å². The normalized spacial score (nSPS) is 38.1. The third-order valence-corrected chi connectivity index (χ3v) is 2.35. The van der Waals surface area contributed by atoms with Crippen LogP contribution in [0.5, 0.6) is 0 Å². The maximum Gasteiger partial charge on any atom is 0.0288 e. The Balaban J connectivity index is 2.05. The quantitative estimate of drug-likeness (QED) is 0.437. The van der Waals surface area contributed by atoms with Crippen LogP contribution >= 0.6 is 0 Å². The van der Waals surface area contributed by atoms with Gasteiger partial charge in [0, 0.05) is 24.4 Å². The highest BCUT2D eigenvalue weighted by Crippen LogP contribution is 2.54. The monoisotopic (exact) mass is 107 g/mol. The first-order valence-electron chi connectivity index (χ1n) is 3.04. The number of hydrogen-bond donors (Lipinski definition) is 1. The molecule has 1 aliphatic heterocycles. The van der Waals surface area contributed by atoms with Crippen LogP contribution < -0.4 is 5.32 Å². The fourth-order valence-electron chi connectivity index (χ4n) is 1.42. The molecule has 0 amide bonds. The van der Waals surface area contributed by atoms with Gasteiger partial charge in [0.1, 0.15) is 0 Å². The molecule has 8 heavy (non-hydrogen) atoms. The van der Waals surface area contributed by atoms with Gasteiger partial charge in [0.05, 0.1) is 0 Å². The minimum absolute atomic E-state index is 0.592. The smallest absolute Gasteiger partial charge is 0.0288 e. The van der Waals surface area contributed by atoms with Crippen molar-refractivity contribution in [2.75, 3.05) is 13.1 Å². The Morgan fingerprint density at radius 3 is 2.50 bits per heavy atom. The highest BCUT2D eigenvalue weighted by atomic mass is 15.0. The molecule has 1 heterocycles. The van der Waals surface area contributed by atoms with E-state index in [1.165, 1.54) is 19.5 Å². The van der Waals surface area contributed by atoms with E-state index in [2.05, 4.69) is 11.2 Å². The van der Waals surface area contributed by atoms with E-state index >= 15 is 0 Å². The van der Waals surface area contributed by atoms with Crippen LogP contribution in [0.4, 0.5) is 0 Å². The van der Waals surface area contributed by atoms with Crippen LogP contribution in [0.3, 0.4) is 0 Å². The standard InChI is InChI=1S/C7H9N/c1-2-6-3-7(6)4-8-5-7/h1,6,8H,3-5H2/t6-/m0/s1. The van der Waals surface area contributed by atoms with Crippen LogP contribution in [-0.4, -0.2) is 13.1 Å². The van der Waals surface area contributed by atoms with Gasteiger partial charge in [0.25, 0.3) is 0 Å². The number of hydrogen-bond acceptors (Lipinski definition) is 1. The fourth-order valence-corrected chi connectivity index (χ4v) is 1.42. The van der Waals surface area contributed by atoms with Gasteiger partial charge in [0.2, 0.25) is 0 Å². The molecule has 1 N–H and O–H groups in total. The molecule has 1 atom stereocenters. The molecule has 1 saturated heterocycles. The summed E-state index contributed by atoms with van der Waals surface area (Å²) in [6, 6.07) is 0. The lowest BCUT2D eigenvalue weighted by Crippen LogP contribution is -2.45. The first-order valence-corrected chi connectivity index (χ1v) is 3.04. The lowest BCUT2D eigenvalue weighted by Gasteiger charge is -2.27. The molecule has 0 unspecified atom stereocenters. The molecule has 0 aromatic rings. The predicted octanol–water partition coefficient (Wildman–Crippen LogP) is 0.229. The van der Waals surface area contributed by atoms with E-state index in [9.17, 15) is 0 Å². The Hall–Kier alpha value is -0.480. The maximum atomic E-state index is 5.24. The molecular weight excluding hydrogens is 98.1 g/mol. The summed E-state index contributed by atoms with van der Waals surface area (Å²) in [4.78, 5) is 0. The summed E-state index contributed by atoms with van der Waals surface area (Å²) < 4.78 is 0. The van der Waals surface area contributed by atoms with Crippen molar-refractivity contribution < 1.29 is 0 Å². The van der Waals surface area contributed by atoms with Crippen LogP contribution in [0, 0.1) is 23.7 Å². The van der Waals surface area contributed by atoms with Crippen molar-refractivity contribution >= 4 is 0 Å². The Morgan fingerprint density at radius 1 is 1.62 bits per heavy atom. The summed E-state index contributed by atoms with van der Waals surface area (Å²) in [6.45, 7) is 2.34. The second-order valence-corrected chi connectivity index (χ2v) is 2.89. The molecule has 1 spiro atoms. The molecule has 42 valence electrons. The van der Waals surface area contributed by atoms with Crippen molar-refractivity contribution in [3.8, 4) is 12.3 Å². The largest absolute Gasteiger partial charge is 0.315 e. The van der Waals surface area contributed by atoms with E-state index in [1.54, 1.807) is 0 Å². The van der Waals surface area contributed by atoms with Gasteiger partial charge in [-0.05, 0) is 6.42 Å². The molecule has 0 aromatic carbocycles. The Bertz CT molecular complexity index is 150. The molecule has 0 bridgehead atoms. The highest BCUT2D eigenvalue weighted by Gasteiger charge is 2.57. The molecule has 1 heteroatoms. The molecule has 0 aromatic heterocycles. The second-order valence-electron chi connectivity index (χ2n) is 2.89. The van der Waals surface area contributed by atoms with E-state index in [0.717, 1.165) is 0 Å². The summed E-state index contributed by atoms with van der Waals surface area (Å²) in [7, 11) is 0. The van der Waals surface area contributed by atoms with Crippen molar-refractivity contribution in [3.63, 3.8) is 0 Å². The average molecular weight is 107 g/mol. The minimum Gasteiger partial charge on any atom is -0.315 e. The van der Waals surface area contributed by atoms with Gasteiger partial charge in [-0.3, -0.25) is 0 Å². The maximum absolute atomic E-state index is 5.24. The Labute approximate surface area is 49.5 Å². The van der Waals surface area contributed by atoms with Gasteiger partial charge in [-0.1, -0.05) is 0 Å². The highest BCUT2D eigenvalue weighted by molar-refractivity contribution is 5.21. The third kappa shape index (κ3) is 0.329. The number of rotatable bonds is 0. The van der Waals surface area contributed by atoms with Crippen molar-refractivity contribution in [2.24, 2.45) is 11.3 Å². The molecule has 1 saturated carbocycles. The van der Waals surface area contributed by atoms with Crippen molar-refractivity contribution in [1.29, 1.82) is 0 Å². The molecule has 2 rings (SSSR count). The Kier molecular flexibility index (Phi) is 0.598. The zero-order valence-corrected chi connectivity index (χ0v) is 4.78. The molecule has 1 nitrogen and oxygen atoms in total. The molecule has 2 aliphatic rings. The summed E-state index contributed by atoms with van der Waals surface area (Å²) >= 11 is 0. The fraction of sp³-hybridized carbons (Fsp3) is 0.714. The summed E-state index contributed by atoms with van der Waals surface area (Å²) in [5, 5.41) is 3.23. The van der Waals surface area contributed by atoms with Gasteiger partial charge in [0.15, 0.2) is 0 Å². The number of terminal acetylenes is 1. The van der Waals surface area contributed by atoms with Crippen LogP contribution in [0.1, 0.15) is 6.42 Å². The first kappa shape index (κ1) is 4.40. The van der Waals surface area contributed by atoms with Gasteiger partial charge >= 0.3 is 0 Å². The summed E-state index contributed by atoms with van der Waals surface area (Å²) in [6.07, 6.45) is 6.52. The van der Waals surface area contributed by atoms with Gasteiger partial charge in [-0.2, -0.15) is 0 Å². The minimum atomic E-state index is 0.592. The van der Waals surface area contributed by atoms with E-state index in [-0.39, 0.29) is 0 Å². The summed E-state index contributed by atoms with van der Waals surface area (Å²) in [5.74, 6) is 3.41. The van der Waals surface area contributed by atoms with E-state index < -0.39 is 0 Å². The molecule has 1 aliphatic carbocycles. The lowest BCUT2D eigenvalue weighted by atomic mass is 9.97. The van der Waals surface area contributed by atoms with Crippen LogP contribution in [0.2, 0.25) is 0 Å². The van der Waals surface area contributed by atoms with Gasteiger partial charge in [-0.15, -0.1) is 12.3 Å². The van der Waals surface area contributed by atoms with Crippen molar-refractivity contribution in [1.82, 2.24) is 5.32 Å². The van der Waals surface area contributed by atoms with Gasteiger partial charge in [-0.25, -0.2) is 0 Å². The van der Waals surface area contributed by atoms with E-state index in [0.29, 0.717) is 11.3 Å². The third-order valence-electron chi connectivity index (χ3n) is 2.35. The van der Waals surface area contributed by atoms with Gasteiger partial charge < -0.3 is 5.32 Å². The Morgan fingerprint density at radius 2 is 2.38 bits per heavy atom. The number of nitrogens with one attached hydrogen (secondary N) is 1. The molecular formula is C7H9N. The van der Waals surface area contributed by atoms with Crippen LogP contribution in [0.25, 0.3) is 0 Å². The van der Waals surface area contributed by atoms with Crippen LogP contribution in [-0.2, 0) is 0 Å². The predicted molar refractivity (Wildman–Crippen MR) is 32.2 cm³/mol. The zero-order chi connectivity index (χ0) is 5.61. The lowest BCUT2D eigenvalue weighted by molar-refractivity contribution is 0.309. The topological polar surface area (TPSA) is 12.0 Å². The zero-order valence-electron chi connectivity index (χ0n) is 4.78. The van der Waals surface area contributed by atoms with Crippen molar-refractivity contribution in [3.05, 3.63) is 0 Å². The summed E-state index contributed by atoms with van der Waals surface area (Å²) in [5.41, 5.74) is 0.592. The van der Waals surface area contributed by atoms with E-state index in [1.807, 2.05) is 0 Å². The first-order chi connectivity index (χ1) is 3.87. The SMILES string of the molecule is C#C[C@H]1CC12CNC2. The second kappa shape index (κ2) is 1.09. The van der Waals surface area contributed by atoms with Crippen molar-refractivity contribution in [2.45, 2.75) is 6.42 Å².